The van der Waals surface area contributed by atoms with Crippen molar-refractivity contribution >= 4 is 23.8 Å². The molecule has 2 saturated heterocycles. The van der Waals surface area contributed by atoms with Gasteiger partial charge in [0.1, 0.15) is 17.8 Å². The van der Waals surface area contributed by atoms with Gasteiger partial charge in [0.25, 0.3) is 0 Å². The fourth-order valence-electron chi connectivity index (χ4n) is 7.98. The van der Waals surface area contributed by atoms with Gasteiger partial charge < -0.3 is 30.7 Å². The van der Waals surface area contributed by atoms with Crippen LogP contribution < -0.4 is 20.7 Å². The van der Waals surface area contributed by atoms with Crippen molar-refractivity contribution in [2.45, 2.75) is 116 Å². The van der Waals surface area contributed by atoms with E-state index in [4.69, 9.17) is 4.74 Å². The van der Waals surface area contributed by atoms with E-state index in [1.165, 1.54) is 0 Å². The SMILES string of the molecule is C[C@H](C(=O)N[C@H](C(=O)N1C[C@H]2CCCN2C[C@H]1C(=O)N[C@@H]1CCOc2ccccc21)C1CCCCC1)C(C)(NC(=O)O)C(C)(C)C. The zero-order valence-corrected chi connectivity index (χ0v) is 28.1. The number of hydrogen-bond acceptors (Lipinski definition) is 6. The second-order valence-electron chi connectivity index (χ2n) is 15.0. The summed E-state index contributed by atoms with van der Waals surface area (Å²) in [6, 6.07) is 6.23. The molecule has 0 aromatic heterocycles. The van der Waals surface area contributed by atoms with Crippen LogP contribution in [0.5, 0.6) is 5.75 Å². The molecule has 0 radical (unpaired) electrons. The maximum atomic E-state index is 14.8. The third kappa shape index (κ3) is 6.99. The summed E-state index contributed by atoms with van der Waals surface area (Å²) in [7, 11) is 0. The highest BCUT2D eigenvalue weighted by molar-refractivity contribution is 5.93. The molecule has 0 bridgehead atoms. The van der Waals surface area contributed by atoms with E-state index in [2.05, 4.69) is 20.9 Å². The van der Waals surface area contributed by atoms with Gasteiger partial charge in [-0.2, -0.15) is 0 Å². The maximum absolute atomic E-state index is 14.8. The number of nitrogens with zero attached hydrogens (tertiary/aromatic N) is 2. The lowest BCUT2D eigenvalue weighted by Crippen LogP contribution is -2.67. The molecule has 11 heteroatoms. The van der Waals surface area contributed by atoms with E-state index in [-0.39, 0.29) is 35.7 Å². The molecule has 1 unspecified atom stereocenters. The van der Waals surface area contributed by atoms with Gasteiger partial charge in [0.2, 0.25) is 17.7 Å². The van der Waals surface area contributed by atoms with E-state index in [0.29, 0.717) is 26.1 Å². The molecule has 11 nitrogen and oxygen atoms in total. The van der Waals surface area contributed by atoms with Crippen molar-refractivity contribution in [3.8, 4) is 5.75 Å². The van der Waals surface area contributed by atoms with Crippen molar-refractivity contribution in [1.82, 2.24) is 25.8 Å². The Balaban J connectivity index is 1.41. The van der Waals surface area contributed by atoms with Crippen LogP contribution in [0.1, 0.15) is 97.6 Å². The van der Waals surface area contributed by atoms with Gasteiger partial charge in [-0.15, -0.1) is 0 Å². The predicted octanol–water partition coefficient (Wildman–Crippen LogP) is 4.08. The first-order valence-corrected chi connectivity index (χ1v) is 17.2. The van der Waals surface area contributed by atoms with E-state index in [0.717, 1.165) is 62.8 Å². The zero-order valence-electron chi connectivity index (χ0n) is 28.1. The Bertz CT molecular complexity index is 1290. The van der Waals surface area contributed by atoms with E-state index in [9.17, 15) is 24.3 Å². The highest BCUT2D eigenvalue weighted by atomic mass is 16.5. The van der Waals surface area contributed by atoms with Crippen molar-refractivity contribution in [2.75, 3.05) is 26.2 Å². The average Bonchev–Trinajstić information content (AvgIpc) is 3.49. The summed E-state index contributed by atoms with van der Waals surface area (Å²) < 4.78 is 5.82. The maximum Gasteiger partial charge on any atom is 0.405 e. The van der Waals surface area contributed by atoms with Crippen molar-refractivity contribution in [3.63, 3.8) is 0 Å². The van der Waals surface area contributed by atoms with Crippen molar-refractivity contribution < 1.29 is 29.0 Å². The number of ether oxygens (including phenoxy) is 1. The van der Waals surface area contributed by atoms with Gasteiger partial charge in [-0.3, -0.25) is 19.3 Å². The molecular formula is C35H53N5O6. The van der Waals surface area contributed by atoms with Gasteiger partial charge in [-0.1, -0.05) is 65.2 Å². The van der Waals surface area contributed by atoms with Crippen LogP contribution >= 0.6 is 0 Å². The molecule has 1 aromatic carbocycles. The summed E-state index contributed by atoms with van der Waals surface area (Å²) >= 11 is 0. The molecule has 6 atom stereocenters. The fraction of sp³-hybridized carbons (Fsp3) is 0.714. The molecule has 46 heavy (non-hydrogen) atoms. The first-order chi connectivity index (χ1) is 21.8. The Kier molecular flexibility index (Phi) is 10.2. The van der Waals surface area contributed by atoms with Gasteiger partial charge >= 0.3 is 6.09 Å². The van der Waals surface area contributed by atoms with Crippen molar-refractivity contribution in [2.24, 2.45) is 17.3 Å². The number of fused-ring (bicyclic) bond motifs is 2. The molecule has 3 heterocycles. The van der Waals surface area contributed by atoms with Gasteiger partial charge in [0.15, 0.2) is 0 Å². The normalized spacial score (nSPS) is 26.4. The van der Waals surface area contributed by atoms with Crippen LogP contribution in [-0.4, -0.2) is 88.6 Å². The number of carboxylic acid groups (broad SMARTS) is 1. The molecule has 0 spiro atoms. The third-order valence-corrected chi connectivity index (χ3v) is 11.4. The summed E-state index contributed by atoms with van der Waals surface area (Å²) in [5, 5.41) is 18.6. The Morgan fingerprint density at radius 2 is 1.67 bits per heavy atom. The largest absolute Gasteiger partial charge is 0.493 e. The van der Waals surface area contributed by atoms with Gasteiger partial charge in [-0.05, 0) is 56.6 Å². The van der Waals surface area contributed by atoms with E-state index >= 15 is 0 Å². The summed E-state index contributed by atoms with van der Waals surface area (Å²) in [6.07, 6.45) is 6.10. The summed E-state index contributed by atoms with van der Waals surface area (Å²) in [4.78, 5) is 58.8. The molecule has 3 aliphatic heterocycles. The van der Waals surface area contributed by atoms with Crippen LogP contribution in [0.25, 0.3) is 0 Å². The molecule has 1 aromatic rings. The Morgan fingerprint density at radius 3 is 2.37 bits per heavy atom. The lowest BCUT2D eigenvalue weighted by Gasteiger charge is -2.47. The number of rotatable bonds is 8. The lowest BCUT2D eigenvalue weighted by molar-refractivity contribution is -0.150. The minimum Gasteiger partial charge on any atom is -0.493 e. The predicted molar refractivity (Wildman–Crippen MR) is 174 cm³/mol. The van der Waals surface area contributed by atoms with Crippen LogP contribution in [0.15, 0.2) is 24.3 Å². The number of para-hydroxylation sites is 1. The summed E-state index contributed by atoms with van der Waals surface area (Å²) in [5.74, 6) is -0.817. The Morgan fingerprint density at radius 1 is 0.957 bits per heavy atom. The Labute approximate surface area is 273 Å². The van der Waals surface area contributed by atoms with E-state index in [1.807, 2.05) is 45.0 Å². The lowest BCUT2D eigenvalue weighted by atomic mass is 9.67. The van der Waals surface area contributed by atoms with Crippen molar-refractivity contribution in [3.05, 3.63) is 29.8 Å². The van der Waals surface area contributed by atoms with Crippen LogP contribution in [0.3, 0.4) is 0 Å². The van der Waals surface area contributed by atoms with Crippen molar-refractivity contribution in [1.29, 1.82) is 0 Å². The second kappa shape index (κ2) is 13.8. The minimum atomic E-state index is -1.20. The Hall–Kier alpha value is -3.34. The standard InChI is InChI=1S/C35H53N5O6/c1-22(35(5,34(2,3)4)38-33(44)45)30(41)37-29(23-12-7-6-8-13-23)32(43)40-20-24-14-11-18-39(24)21-27(40)31(42)36-26-17-19-46-28-16-10-9-15-25(26)28/h9-10,15-16,22-24,26-27,29,38H,6-8,11-14,17-21H2,1-5H3,(H,36,42)(H,37,41)(H,44,45)/t22-,24-,26-,27+,29+,35?/m1/s1. The number of nitrogens with one attached hydrogen (secondary N) is 3. The molecule has 4 N–H and O–H groups in total. The zero-order chi connectivity index (χ0) is 33.2. The second-order valence-corrected chi connectivity index (χ2v) is 15.0. The number of hydrogen-bond donors (Lipinski definition) is 4. The summed E-state index contributed by atoms with van der Waals surface area (Å²) in [5.41, 5.74) is -0.744. The summed E-state index contributed by atoms with van der Waals surface area (Å²) in [6.45, 7) is 11.5. The van der Waals surface area contributed by atoms with Crippen LogP contribution in [0.2, 0.25) is 0 Å². The highest BCUT2D eigenvalue weighted by Crippen LogP contribution is 2.38. The minimum absolute atomic E-state index is 0.0570. The number of carbonyl (C=O) groups is 4. The molecule has 3 fully saturated rings. The van der Waals surface area contributed by atoms with E-state index in [1.54, 1.807) is 18.7 Å². The molecule has 4 amide bonds. The quantitative estimate of drug-likeness (QED) is 0.336. The molecule has 1 aliphatic carbocycles. The van der Waals surface area contributed by atoms with Gasteiger partial charge in [0, 0.05) is 31.1 Å². The number of carbonyl (C=O) groups excluding carboxylic acids is 3. The molecule has 4 aliphatic rings. The molecule has 5 rings (SSSR count). The first-order valence-electron chi connectivity index (χ1n) is 17.2. The average molecular weight is 640 g/mol. The van der Waals surface area contributed by atoms with Crippen LogP contribution in [0.4, 0.5) is 4.79 Å². The third-order valence-electron chi connectivity index (χ3n) is 11.4. The van der Waals surface area contributed by atoms with Gasteiger partial charge in [-0.25, -0.2) is 4.79 Å². The molecule has 1 saturated carbocycles. The van der Waals surface area contributed by atoms with Crippen LogP contribution in [-0.2, 0) is 14.4 Å². The molecular weight excluding hydrogens is 586 g/mol. The highest BCUT2D eigenvalue weighted by Gasteiger charge is 2.49. The van der Waals surface area contributed by atoms with Gasteiger partial charge in [0.05, 0.1) is 24.1 Å². The topological polar surface area (TPSA) is 140 Å². The van der Waals surface area contributed by atoms with Crippen LogP contribution in [0, 0.1) is 17.3 Å². The van der Waals surface area contributed by atoms with E-state index < -0.39 is 35.0 Å². The number of amides is 4. The number of piperazine rings is 1. The first kappa shape index (κ1) is 34.0. The smallest absolute Gasteiger partial charge is 0.405 e. The fourth-order valence-corrected chi connectivity index (χ4v) is 7.98. The number of benzene rings is 1. The molecule has 254 valence electrons. The monoisotopic (exact) mass is 639 g/mol.